The van der Waals surface area contributed by atoms with E-state index >= 15 is 0 Å². The van der Waals surface area contributed by atoms with Gasteiger partial charge in [0.15, 0.2) is 0 Å². The number of hydrogen-bond donors (Lipinski definition) is 1. The Hall–Kier alpha value is -2.64. The van der Waals surface area contributed by atoms with E-state index < -0.39 is 0 Å². The van der Waals surface area contributed by atoms with Crippen LogP contribution in [0.4, 0.5) is 0 Å². The number of para-hydroxylation sites is 1. The minimum Gasteiger partial charge on any atom is -0.338 e. The van der Waals surface area contributed by atoms with Gasteiger partial charge in [0.05, 0.1) is 29.7 Å². The van der Waals surface area contributed by atoms with Crippen LogP contribution in [-0.4, -0.2) is 50.0 Å². The number of aryl methyl sites for hydroxylation is 1. The van der Waals surface area contributed by atoms with Crippen molar-refractivity contribution < 1.29 is 4.79 Å². The van der Waals surface area contributed by atoms with Crippen molar-refractivity contribution in [2.45, 2.75) is 18.9 Å². The van der Waals surface area contributed by atoms with Gasteiger partial charge in [0.1, 0.15) is 0 Å². The first kappa shape index (κ1) is 19.7. The van der Waals surface area contributed by atoms with Crippen LogP contribution in [0.15, 0.2) is 48.9 Å². The number of halogens is 1. The lowest BCUT2D eigenvalue weighted by molar-refractivity contribution is -0.136. The number of carbonyl (C=O) groups is 1. The van der Waals surface area contributed by atoms with Crippen molar-refractivity contribution >= 4 is 18.3 Å². The van der Waals surface area contributed by atoms with Gasteiger partial charge in [-0.05, 0) is 17.7 Å². The molecule has 5 rings (SSSR count). The molecule has 8 heteroatoms. The van der Waals surface area contributed by atoms with Crippen LogP contribution in [0, 0.1) is 5.92 Å². The van der Waals surface area contributed by atoms with Gasteiger partial charge < -0.3 is 10.2 Å². The number of amides is 1. The van der Waals surface area contributed by atoms with E-state index in [9.17, 15) is 4.79 Å². The molecule has 1 amide bonds. The number of rotatable bonds is 3. The van der Waals surface area contributed by atoms with Gasteiger partial charge in [-0.3, -0.25) is 9.48 Å². The molecular formula is C21H25ClN6O. The quantitative estimate of drug-likeness (QED) is 0.713. The molecule has 2 aliphatic heterocycles. The fraction of sp³-hybridized carbons (Fsp3) is 0.381. The highest BCUT2D eigenvalue weighted by atomic mass is 35.5. The Morgan fingerprint density at radius 1 is 1.14 bits per heavy atom. The van der Waals surface area contributed by atoms with Crippen LogP contribution >= 0.6 is 12.4 Å². The molecule has 1 N–H and O–H groups in total. The van der Waals surface area contributed by atoms with Gasteiger partial charge in [-0.25, -0.2) is 4.68 Å². The summed E-state index contributed by atoms with van der Waals surface area (Å²) in [4.78, 5) is 15.3. The van der Waals surface area contributed by atoms with E-state index in [1.54, 1.807) is 4.68 Å². The molecule has 2 aliphatic rings. The molecule has 2 atom stereocenters. The molecule has 1 saturated heterocycles. The highest BCUT2D eigenvalue weighted by Crippen LogP contribution is 2.31. The number of carbonyl (C=O) groups excluding carboxylic acids is 1. The predicted octanol–water partition coefficient (Wildman–Crippen LogP) is 1.92. The third-order valence-electron chi connectivity index (χ3n) is 5.93. The number of hydrogen-bond acceptors (Lipinski definition) is 4. The molecule has 0 radical (unpaired) electrons. The van der Waals surface area contributed by atoms with Crippen LogP contribution < -0.4 is 5.32 Å². The van der Waals surface area contributed by atoms with Crippen LogP contribution in [0.2, 0.25) is 0 Å². The fourth-order valence-electron chi connectivity index (χ4n) is 4.47. The van der Waals surface area contributed by atoms with E-state index in [-0.39, 0.29) is 30.2 Å². The Labute approximate surface area is 176 Å². The van der Waals surface area contributed by atoms with Crippen LogP contribution in [0.1, 0.15) is 22.7 Å². The summed E-state index contributed by atoms with van der Waals surface area (Å²) in [5, 5.41) is 12.3. The normalized spacial score (nSPS) is 20.9. The highest BCUT2D eigenvalue weighted by Gasteiger charge is 2.38. The molecule has 29 heavy (non-hydrogen) atoms. The topological polar surface area (TPSA) is 68.0 Å². The van der Waals surface area contributed by atoms with E-state index in [1.165, 1.54) is 5.69 Å². The van der Waals surface area contributed by atoms with Crippen LogP contribution in [-0.2, 0) is 24.8 Å². The fourth-order valence-corrected chi connectivity index (χ4v) is 4.47. The summed E-state index contributed by atoms with van der Waals surface area (Å²) in [6.07, 6.45) is 6.65. The summed E-state index contributed by atoms with van der Waals surface area (Å²) < 4.78 is 3.81. The molecule has 0 unspecified atom stereocenters. The number of aromatic nitrogens is 4. The summed E-state index contributed by atoms with van der Waals surface area (Å²) in [5.41, 5.74) is 4.57. The lowest BCUT2D eigenvalue weighted by Crippen LogP contribution is -2.41. The van der Waals surface area contributed by atoms with Crippen molar-refractivity contribution in [2.75, 3.05) is 19.6 Å². The number of benzene rings is 1. The van der Waals surface area contributed by atoms with E-state index in [4.69, 9.17) is 0 Å². The molecule has 0 bridgehead atoms. The molecule has 0 spiro atoms. The van der Waals surface area contributed by atoms with Crippen LogP contribution in [0.25, 0.3) is 5.69 Å². The molecule has 152 valence electrons. The van der Waals surface area contributed by atoms with E-state index in [0.29, 0.717) is 6.54 Å². The van der Waals surface area contributed by atoms with Crippen LogP contribution in [0.3, 0.4) is 0 Å². The van der Waals surface area contributed by atoms with Gasteiger partial charge >= 0.3 is 0 Å². The minimum atomic E-state index is -0.0325. The Morgan fingerprint density at radius 2 is 1.97 bits per heavy atom. The minimum absolute atomic E-state index is 0. The second kappa shape index (κ2) is 8.00. The Morgan fingerprint density at radius 3 is 2.72 bits per heavy atom. The lowest BCUT2D eigenvalue weighted by Gasteiger charge is -2.31. The molecule has 3 aromatic rings. The third-order valence-corrected chi connectivity index (χ3v) is 5.93. The van der Waals surface area contributed by atoms with Crippen molar-refractivity contribution in [3.05, 3.63) is 65.7 Å². The van der Waals surface area contributed by atoms with Gasteiger partial charge in [0, 0.05) is 57.3 Å². The molecule has 4 heterocycles. The zero-order valence-electron chi connectivity index (χ0n) is 16.4. The van der Waals surface area contributed by atoms with Gasteiger partial charge in [-0.2, -0.15) is 10.2 Å². The van der Waals surface area contributed by atoms with Crippen molar-refractivity contribution in [2.24, 2.45) is 13.0 Å². The standard InChI is InChI=1S/C21H24N6O.ClH/c1-25-13-15(9-23-25)18-11-22-12-19(18)21(28)26-8-7-20-16(14-26)10-24-27(20)17-5-3-2-4-6-17;/h2-6,9-10,13,18-19,22H,7-8,11-12,14H2,1H3;1H/t18-,19+;/m1./s1. The number of fused-ring (bicyclic) bond motifs is 1. The molecule has 1 fully saturated rings. The maximum atomic E-state index is 13.3. The first-order chi connectivity index (χ1) is 13.7. The van der Waals surface area contributed by atoms with Crippen LogP contribution in [0.5, 0.6) is 0 Å². The van der Waals surface area contributed by atoms with Crippen molar-refractivity contribution in [3.63, 3.8) is 0 Å². The smallest absolute Gasteiger partial charge is 0.227 e. The average Bonchev–Trinajstić information content (AvgIpc) is 3.46. The zero-order chi connectivity index (χ0) is 19.1. The SMILES string of the molecule is Cl.Cn1cc([C@H]2CNC[C@@H]2C(=O)N2CCc3c(cnn3-c3ccccc3)C2)cn1. The Balaban J connectivity index is 0.00000205. The van der Waals surface area contributed by atoms with Crippen molar-refractivity contribution in [3.8, 4) is 5.69 Å². The number of nitrogens with zero attached hydrogens (tertiary/aromatic N) is 5. The maximum Gasteiger partial charge on any atom is 0.227 e. The second-order valence-corrected chi connectivity index (χ2v) is 7.69. The summed E-state index contributed by atoms with van der Waals surface area (Å²) in [5.74, 6) is 0.390. The maximum absolute atomic E-state index is 13.3. The Kier molecular flexibility index (Phi) is 5.43. The first-order valence-corrected chi connectivity index (χ1v) is 9.80. The lowest BCUT2D eigenvalue weighted by atomic mass is 9.89. The molecule has 7 nitrogen and oxygen atoms in total. The number of nitrogens with one attached hydrogen (secondary N) is 1. The summed E-state index contributed by atoms with van der Waals surface area (Å²) in [6.45, 7) is 2.93. The van der Waals surface area contributed by atoms with Gasteiger partial charge in [0.25, 0.3) is 0 Å². The summed E-state index contributed by atoms with van der Waals surface area (Å²) >= 11 is 0. The average molecular weight is 413 g/mol. The van der Waals surface area contributed by atoms with Gasteiger partial charge in [-0.1, -0.05) is 18.2 Å². The van der Waals surface area contributed by atoms with Gasteiger partial charge in [0.2, 0.25) is 5.91 Å². The zero-order valence-corrected chi connectivity index (χ0v) is 17.2. The summed E-state index contributed by atoms with van der Waals surface area (Å²) in [7, 11) is 1.92. The van der Waals surface area contributed by atoms with E-state index in [0.717, 1.165) is 42.9 Å². The first-order valence-electron chi connectivity index (χ1n) is 9.80. The van der Waals surface area contributed by atoms with Gasteiger partial charge in [-0.15, -0.1) is 12.4 Å². The van der Waals surface area contributed by atoms with Crippen molar-refractivity contribution in [1.29, 1.82) is 0 Å². The highest BCUT2D eigenvalue weighted by molar-refractivity contribution is 5.85. The third kappa shape index (κ3) is 3.56. The predicted molar refractivity (Wildman–Crippen MR) is 112 cm³/mol. The second-order valence-electron chi connectivity index (χ2n) is 7.69. The largest absolute Gasteiger partial charge is 0.338 e. The molecule has 1 aromatic carbocycles. The molecule has 0 aliphatic carbocycles. The molecular weight excluding hydrogens is 388 g/mol. The molecule has 2 aromatic heterocycles. The van der Waals surface area contributed by atoms with E-state index in [2.05, 4.69) is 27.6 Å². The monoisotopic (exact) mass is 412 g/mol. The Bertz CT molecular complexity index is 998. The molecule has 0 saturated carbocycles. The van der Waals surface area contributed by atoms with E-state index in [1.807, 2.05) is 53.4 Å². The summed E-state index contributed by atoms with van der Waals surface area (Å²) in [6, 6.07) is 10.2. The van der Waals surface area contributed by atoms with Crippen molar-refractivity contribution in [1.82, 2.24) is 29.8 Å².